The summed E-state index contributed by atoms with van der Waals surface area (Å²) in [5.74, 6) is -0.00889. The van der Waals surface area contributed by atoms with Crippen LogP contribution in [0.15, 0.2) is 12.3 Å². The number of fused-ring (bicyclic) bond motifs is 1. The summed E-state index contributed by atoms with van der Waals surface area (Å²) < 4.78 is 20.8. The van der Waals surface area contributed by atoms with Crippen molar-refractivity contribution in [3.8, 4) is 0 Å². The zero-order valence-corrected chi connectivity index (χ0v) is 22.6. The van der Waals surface area contributed by atoms with Crippen LogP contribution < -0.4 is 10.2 Å². The van der Waals surface area contributed by atoms with E-state index in [2.05, 4.69) is 36.0 Å². The highest BCUT2D eigenvalue weighted by Crippen LogP contribution is 2.42. The highest BCUT2D eigenvalue weighted by molar-refractivity contribution is 5.97. The lowest BCUT2D eigenvalue weighted by molar-refractivity contribution is -0.149. The van der Waals surface area contributed by atoms with Gasteiger partial charge in [0.2, 0.25) is 11.8 Å². The van der Waals surface area contributed by atoms with Gasteiger partial charge in [-0.3, -0.25) is 19.5 Å². The molecular formula is C27H42FN5O3. The summed E-state index contributed by atoms with van der Waals surface area (Å²) in [4.78, 5) is 36.5. The second kappa shape index (κ2) is 10.3. The molecular weight excluding hydrogens is 461 g/mol. The van der Waals surface area contributed by atoms with Crippen LogP contribution in [0.5, 0.6) is 0 Å². The Morgan fingerprint density at radius 3 is 2.81 bits per heavy atom. The minimum atomic E-state index is -1.54. The lowest BCUT2D eigenvalue weighted by Gasteiger charge is -2.43. The van der Waals surface area contributed by atoms with Crippen molar-refractivity contribution in [1.29, 1.82) is 0 Å². The average Bonchev–Trinajstić information content (AvgIpc) is 3.08. The number of aromatic nitrogens is 1. The number of nitrogens with one attached hydrogen (secondary N) is 1. The van der Waals surface area contributed by atoms with Crippen LogP contribution >= 0.6 is 0 Å². The molecule has 36 heavy (non-hydrogen) atoms. The Bertz CT molecular complexity index is 984. The minimum absolute atomic E-state index is 0.00389. The number of hydrogen-bond acceptors (Lipinski definition) is 6. The van der Waals surface area contributed by atoms with E-state index in [1.807, 2.05) is 23.6 Å². The van der Waals surface area contributed by atoms with Gasteiger partial charge in [0.25, 0.3) is 0 Å². The van der Waals surface area contributed by atoms with Crippen LogP contribution in [0, 0.1) is 0 Å². The van der Waals surface area contributed by atoms with E-state index in [0.29, 0.717) is 44.7 Å². The second-order valence-electron chi connectivity index (χ2n) is 11.7. The van der Waals surface area contributed by atoms with Crippen LogP contribution in [-0.2, 0) is 25.4 Å². The zero-order chi connectivity index (χ0) is 26.3. The monoisotopic (exact) mass is 503 g/mol. The molecule has 1 aromatic heterocycles. The smallest absolute Gasteiger partial charge is 0.248 e. The number of ether oxygens (including phenoxy) is 1. The van der Waals surface area contributed by atoms with E-state index in [4.69, 9.17) is 4.74 Å². The molecule has 4 rings (SSSR count). The SMILES string of the molecule is CCCC(C)(F)c1cc2c(cn1)C(C)(C)CN2C(=O)CN1C[C@@H](C)NC[C@@H]1CN1C[C@H](C)OCC1=O. The molecule has 4 atom stereocenters. The van der Waals surface area contributed by atoms with E-state index in [1.54, 1.807) is 19.2 Å². The van der Waals surface area contributed by atoms with Crippen LogP contribution in [-0.4, -0.2) is 90.7 Å². The predicted octanol–water partition coefficient (Wildman–Crippen LogP) is 2.60. The third kappa shape index (κ3) is 5.58. The lowest BCUT2D eigenvalue weighted by atomic mass is 9.87. The summed E-state index contributed by atoms with van der Waals surface area (Å²) in [6.45, 7) is 15.3. The van der Waals surface area contributed by atoms with E-state index in [9.17, 15) is 9.59 Å². The molecule has 0 aromatic carbocycles. The van der Waals surface area contributed by atoms with Crippen molar-refractivity contribution in [1.82, 2.24) is 20.1 Å². The van der Waals surface area contributed by atoms with Crippen molar-refractivity contribution in [2.45, 2.75) is 83.7 Å². The summed E-state index contributed by atoms with van der Waals surface area (Å²) in [7, 11) is 0. The Hall–Kier alpha value is -2.10. The number of piperazine rings is 1. The summed E-state index contributed by atoms with van der Waals surface area (Å²) in [5, 5.41) is 3.50. The largest absolute Gasteiger partial charge is 0.367 e. The number of rotatable bonds is 7. The first-order valence-corrected chi connectivity index (χ1v) is 13.3. The van der Waals surface area contributed by atoms with Crippen LogP contribution in [0.3, 0.4) is 0 Å². The van der Waals surface area contributed by atoms with E-state index < -0.39 is 5.67 Å². The fourth-order valence-corrected chi connectivity index (χ4v) is 5.73. The van der Waals surface area contributed by atoms with Crippen molar-refractivity contribution in [3.05, 3.63) is 23.5 Å². The van der Waals surface area contributed by atoms with Gasteiger partial charge in [-0.25, -0.2) is 4.39 Å². The summed E-state index contributed by atoms with van der Waals surface area (Å²) in [6, 6.07) is 2.05. The Morgan fingerprint density at radius 2 is 2.08 bits per heavy atom. The van der Waals surface area contributed by atoms with Crippen LogP contribution in [0.25, 0.3) is 0 Å². The number of hydrogen-bond donors (Lipinski definition) is 1. The Balaban J connectivity index is 1.54. The van der Waals surface area contributed by atoms with Gasteiger partial charge in [0, 0.05) is 62.0 Å². The molecule has 200 valence electrons. The van der Waals surface area contributed by atoms with Gasteiger partial charge in [0.1, 0.15) is 12.3 Å². The molecule has 9 heteroatoms. The van der Waals surface area contributed by atoms with Crippen LogP contribution in [0.2, 0.25) is 0 Å². The molecule has 3 aliphatic rings. The quantitative estimate of drug-likeness (QED) is 0.616. The number of amides is 2. The molecule has 0 aliphatic carbocycles. The fraction of sp³-hybridized carbons (Fsp3) is 0.741. The Morgan fingerprint density at radius 1 is 1.33 bits per heavy atom. The first-order chi connectivity index (χ1) is 16.9. The van der Waals surface area contributed by atoms with E-state index in [0.717, 1.165) is 17.8 Å². The highest BCUT2D eigenvalue weighted by Gasteiger charge is 2.41. The first-order valence-electron chi connectivity index (χ1n) is 13.3. The molecule has 1 N–H and O–H groups in total. The summed E-state index contributed by atoms with van der Waals surface area (Å²) in [5.41, 5.74) is 0.330. The van der Waals surface area contributed by atoms with Gasteiger partial charge in [-0.05, 0) is 33.3 Å². The van der Waals surface area contributed by atoms with Crippen molar-refractivity contribution in [2.75, 3.05) is 50.8 Å². The molecule has 0 spiro atoms. The number of anilines is 1. The van der Waals surface area contributed by atoms with Crippen molar-refractivity contribution in [3.63, 3.8) is 0 Å². The lowest BCUT2D eigenvalue weighted by Crippen LogP contribution is -2.62. The zero-order valence-electron chi connectivity index (χ0n) is 22.6. The number of carbonyl (C=O) groups excluding carboxylic acids is 2. The molecule has 0 bridgehead atoms. The van der Waals surface area contributed by atoms with E-state index >= 15 is 4.39 Å². The van der Waals surface area contributed by atoms with Gasteiger partial charge in [-0.2, -0.15) is 0 Å². The molecule has 1 unspecified atom stereocenters. The van der Waals surface area contributed by atoms with E-state index in [-0.39, 0.29) is 48.6 Å². The van der Waals surface area contributed by atoms with Crippen molar-refractivity contribution in [2.24, 2.45) is 0 Å². The van der Waals surface area contributed by atoms with Gasteiger partial charge in [0.15, 0.2) is 0 Å². The van der Waals surface area contributed by atoms with Gasteiger partial charge in [-0.15, -0.1) is 0 Å². The van der Waals surface area contributed by atoms with Crippen LogP contribution in [0.1, 0.15) is 65.6 Å². The Kier molecular flexibility index (Phi) is 7.74. The maximum Gasteiger partial charge on any atom is 0.248 e. The summed E-state index contributed by atoms with van der Waals surface area (Å²) >= 11 is 0. The predicted molar refractivity (Wildman–Crippen MR) is 138 cm³/mol. The maximum atomic E-state index is 15.3. The normalized spacial score (nSPS) is 28.2. The van der Waals surface area contributed by atoms with Gasteiger partial charge >= 0.3 is 0 Å². The molecule has 8 nitrogen and oxygen atoms in total. The number of carbonyl (C=O) groups is 2. The van der Waals surface area contributed by atoms with Gasteiger partial charge in [-0.1, -0.05) is 27.2 Å². The molecule has 1 aromatic rings. The number of nitrogens with zero attached hydrogens (tertiary/aromatic N) is 4. The number of morpholine rings is 1. The van der Waals surface area contributed by atoms with Crippen LogP contribution in [0.4, 0.5) is 10.1 Å². The third-order valence-corrected chi connectivity index (χ3v) is 7.83. The molecule has 2 fully saturated rings. The number of halogens is 1. The van der Waals surface area contributed by atoms with Crippen molar-refractivity contribution >= 4 is 17.5 Å². The Labute approximate surface area is 214 Å². The van der Waals surface area contributed by atoms with E-state index in [1.165, 1.54) is 0 Å². The molecule has 0 saturated carbocycles. The topological polar surface area (TPSA) is 78.0 Å². The fourth-order valence-electron chi connectivity index (χ4n) is 5.73. The van der Waals surface area contributed by atoms with Gasteiger partial charge < -0.3 is 19.9 Å². The third-order valence-electron chi connectivity index (χ3n) is 7.83. The number of alkyl halides is 1. The molecule has 3 aliphatic heterocycles. The minimum Gasteiger partial charge on any atom is -0.367 e. The molecule has 0 radical (unpaired) electrons. The molecule has 4 heterocycles. The summed E-state index contributed by atoms with van der Waals surface area (Å²) in [6.07, 6.45) is 2.86. The average molecular weight is 504 g/mol. The maximum absolute atomic E-state index is 15.3. The standard InChI is InChI=1S/C27H42FN5O3/c1-7-8-27(6,28)23-9-22-21(11-30-23)26(4,5)17-33(22)24(34)15-31-12-18(2)29-10-20(31)14-32-13-19(3)36-16-25(32)35/h9,11,18-20,29H,7-8,10,12-17H2,1-6H3/t18-,19+,20-,27?/m1/s1. The first kappa shape index (κ1) is 26.9. The number of pyridine rings is 1. The van der Waals surface area contributed by atoms with Crippen molar-refractivity contribution < 1.29 is 18.7 Å². The van der Waals surface area contributed by atoms with Gasteiger partial charge in [0.05, 0.1) is 24.0 Å². The molecule has 2 amide bonds. The molecule has 2 saturated heterocycles. The highest BCUT2D eigenvalue weighted by atomic mass is 19.1. The second-order valence-corrected chi connectivity index (χ2v) is 11.7.